The predicted octanol–water partition coefficient (Wildman–Crippen LogP) is 2.73. The number of thiazole rings is 1. The minimum Gasteiger partial charge on any atom is -0.384 e. The van der Waals surface area contributed by atoms with E-state index >= 15 is 0 Å². The van der Waals surface area contributed by atoms with E-state index in [9.17, 15) is 8.42 Å². The first-order valence-electron chi connectivity index (χ1n) is 5.74. The minimum atomic E-state index is -3.75. The lowest BCUT2D eigenvalue weighted by atomic mass is 10.3. The molecule has 0 spiro atoms. The van der Waals surface area contributed by atoms with E-state index in [2.05, 4.69) is 14.7 Å². The summed E-state index contributed by atoms with van der Waals surface area (Å²) in [6.45, 7) is 0. The summed E-state index contributed by atoms with van der Waals surface area (Å²) < 4.78 is 27.7. The van der Waals surface area contributed by atoms with E-state index in [4.69, 9.17) is 17.3 Å². The van der Waals surface area contributed by atoms with Crippen molar-refractivity contribution in [2.45, 2.75) is 4.90 Å². The van der Waals surface area contributed by atoms with Crippen molar-refractivity contribution >= 4 is 54.1 Å². The molecule has 0 atom stereocenters. The first-order valence-corrected chi connectivity index (χ1v) is 8.42. The van der Waals surface area contributed by atoms with E-state index in [-0.39, 0.29) is 15.8 Å². The maximum Gasteiger partial charge on any atom is 0.263 e. The molecule has 0 bridgehead atoms. The molecule has 1 aromatic carbocycles. The highest BCUT2D eigenvalue weighted by molar-refractivity contribution is 7.93. The molecule has 0 saturated heterocycles. The summed E-state index contributed by atoms with van der Waals surface area (Å²) in [5.41, 5.74) is 6.17. The lowest BCUT2D eigenvalue weighted by Gasteiger charge is -2.04. The van der Waals surface area contributed by atoms with Gasteiger partial charge in [0.15, 0.2) is 5.13 Å². The van der Waals surface area contributed by atoms with Crippen LogP contribution in [0.25, 0.3) is 10.2 Å². The number of benzene rings is 1. The molecule has 21 heavy (non-hydrogen) atoms. The highest BCUT2D eigenvalue weighted by atomic mass is 35.5. The zero-order valence-corrected chi connectivity index (χ0v) is 12.8. The van der Waals surface area contributed by atoms with Crippen LogP contribution in [0.2, 0.25) is 5.02 Å². The minimum absolute atomic E-state index is 0.0345. The van der Waals surface area contributed by atoms with Gasteiger partial charge in [-0.15, -0.1) is 0 Å². The lowest BCUT2D eigenvalue weighted by molar-refractivity contribution is 0.601. The molecule has 9 heteroatoms. The summed E-state index contributed by atoms with van der Waals surface area (Å²) >= 11 is 7.10. The highest BCUT2D eigenvalue weighted by Crippen LogP contribution is 2.29. The van der Waals surface area contributed by atoms with Gasteiger partial charge in [-0.25, -0.2) is 18.4 Å². The molecular formula is C12H9ClN4O2S2. The van der Waals surface area contributed by atoms with E-state index < -0.39 is 10.0 Å². The first kappa shape index (κ1) is 14.1. The average Bonchev–Trinajstić information content (AvgIpc) is 2.79. The molecule has 0 aliphatic rings. The summed E-state index contributed by atoms with van der Waals surface area (Å²) in [5, 5.41) is 0.838. The van der Waals surface area contributed by atoms with E-state index in [0.29, 0.717) is 10.5 Å². The third-order valence-corrected chi connectivity index (χ3v) is 5.27. The van der Waals surface area contributed by atoms with Crippen LogP contribution in [0.4, 0.5) is 10.9 Å². The maximum absolute atomic E-state index is 12.2. The van der Waals surface area contributed by atoms with Crippen LogP contribution in [0.5, 0.6) is 0 Å². The predicted molar refractivity (Wildman–Crippen MR) is 84.1 cm³/mol. The van der Waals surface area contributed by atoms with Gasteiger partial charge < -0.3 is 5.73 Å². The van der Waals surface area contributed by atoms with Crippen molar-refractivity contribution in [3.05, 3.63) is 41.6 Å². The second-order valence-corrected chi connectivity index (χ2v) is 7.30. The molecule has 0 unspecified atom stereocenters. The van der Waals surface area contributed by atoms with Gasteiger partial charge in [0, 0.05) is 17.3 Å². The molecule has 2 aromatic heterocycles. The molecular weight excluding hydrogens is 332 g/mol. The lowest BCUT2D eigenvalue weighted by Crippen LogP contribution is -2.13. The number of nitrogens with one attached hydrogen (secondary N) is 1. The molecule has 0 aliphatic heterocycles. The fraction of sp³-hybridized carbons (Fsp3) is 0. The molecule has 3 aromatic rings. The topological polar surface area (TPSA) is 98.0 Å². The van der Waals surface area contributed by atoms with Gasteiger partial charge in [0.2, 0.25) is 0 Å². The quantitative estimate of drug-likeness (QED) is 0.763. The van der Waals surface area contributed by atoms with Crippen molar-refractivity contribution in [1.82, 2.24) is 9.97 Å². The van der Waals surface area contributed by atoms with Crippen LogP contribution >= 0.6 is 22.9 Å². The van der Waals surface area contributed by atoms with Gasteiger partial charge in [-0.1, -0.05) is 22.9 Å². The van der Waals surface area contributed by atoms with Crippen molar-refractivity contribution in [2.75, 3.05) is 10.5 Å². The number of nitrogens with two attached hydrogens (primary N) is 1. The van der Waals surface area contributed by atoms with E-state index in [0.717, 1.165) is 4.70 Å². The largest absolute Gasteiger partial charge is 0.384 e. The molecule has 0 saturated carbocycles. The normalized spacial score (nSPS) is 11.7. The summed E-state index contributed by atoms with van der Waals surface area (Å²) in [4.78, 5) is 8.01. The van der Waals surface area contributed by atoms with Crippen LogP contribution in [-0.4, -0.2) is 18.4 Å². The van der Waals surface area contributed by atoms with Crippen LogP contribution in [0.3, 0.4) is 0 Å². The molecule has 2 heterocycles. The summed E-state index contributed by atoms with van der Waals surface area (Å²) in [5.74, 6) is 0.133. The molecule has 0 fully saturated rings. The SMILES string of the molecule is Nc1cc(S(=O)(=O)Nc2nc3ccc(Cl)cc3s2)ccn1. The Hall–Kier alpha value is -1.90. The Labute approximate surface area is 129 Å². The van der Waals surface area contributed by atoms with Crippen molar-refractivity contribution in [1.29, 1.82) is 0 Å². The Kier molecular flexibility index (Phi) is 3.44. The number of sulfonamides is 1. The Balaban J connectivity index is 1.97. The number of aromatic nitrogens is 2. The number of hydrogen-bond donors (Lipinski definition) is 2. The number of anilines is 2. The van der Waals surface area contributed by atoms with Gasteiger partial charge in [0.25, 0.3) is 10.0 Å². The molecule has 0 amide bonds. The Bertz CT molecular complexity index is 924. The van der Waals surface area contributed by atoms with Gasteiger partial charge >= 0.3 is 0 Å². The number of rotatable bonds is 3. The zero-order chi connectivity index (χ0) is 15.0. The van der Waals surface area contributed by atoms with Gasteiger partial charge in [0.1, 0.15) is 5.82 Å². The Morgan fingerprint density at radius 3 is 2.81 bits per heavy atom. The van der Waals surface area contributed by atoms with Crippen molar-refractivity contribution < 1.29 is 8.42 Å². The van der Waals surface area contributed by atoms with E-state index in [1.807, 2.05) is 0 Å². The van der Waals surface area contributed by atoms with Crippen molar-refractivity contribution in [3.8, 4) is 0 Å². The van der Waals surface area contributed by atoms with Gasteiger partial charge in [0.05, 0.1) is 15.1 Å². The third-order valence-electron chi connectivity index (χ3n) is 2.64. The molecule has 6 nitrogen and oxygen atoms in total. The standard InChI is InChI=1S/C12H9ClN4O2S2/c13-7-1-2-9-10(5-7)20-12(16-9)17-21(18,19)8-3-4-15-11(14)6-8/h1-6H,(H2,14,15)(H,16,17). The summed E-state index contributed by atoms with van der Waals surface area (Å²) in [7, 11) is -3.75. The number of nitrogen functional groups attached to an aromatic ring is 1. The average molecular weight is 341 g/mol. The monoisotopic (exact) mass is 340 g/mol. The first-order chi connectivity index (χ1) is 9.94. The summed E-state index contributed by atoms with van der Waals surface area (Å²) in [6, 6.07) is 7.81. The van der Waals surface area contributed by atoms with E-state index in [1.165, 1.54) is 29.7 Å². The second kappa shape index (κ2) is 5.14. The Morgan fingerprint density at radius 2 is 2.05 bits per heavy atom. The molecule has 108 valence electrons. The Morgan fingerprint density at radius 1 is 1.24 bits per heavy atom. The van der Waals surface area contributed by atoms with Crippen LogP contribution < -0.4 is 10.5 Å². The van der Waals surface area contributed by atoms with Crippen LogP contribution in [-0.2, 0) is 10.0 Å². The maximum atomic E-state index is 12.2. The zero-order valence-electron chi connectivity index (χ0n) is 10.4. The number of hydrogen-bond acceptors (Lipinski definition) is 6. The van der Waals surface area contributed by atoms with Crippen LogP contribution in [0.1, 0.15) is 0 Å². The fourth-order valence-electron chi connectivity index (χ4n) is 1.71. The smallest absolute Gasteiger partial charge is 0.263 e. The van der Waals surface area contributed by atoms with Crippen LogP contribution in [0, 0.1) is 0 Å². The second-order valence-electron chi connectivity index (χ2n) is 4.15. The third kappa shape index (κ3) is 2.92. The summed E-state index contributed by atoms with van der Waals surface area (Å²) in [6.07, 6.45) is 1.34. The van der Waals surface area contributed by atoms with Crippen molar-refractivity contribution in [2.24, 2.45) is 0 Å². The highest BCUT2D eigenvalue weighted by Gasteiger charge is 2.17. The fourth-order valence-corrected chi connectivity index (χ4v) is 4.11. The van der Waals surface area contributed by atoms with Crippen LogP contribution in [0.15, 0.2) is 41.4 Å². The molecule has 0 aliphatic carbocycles. The van der Waals surface area contributed by atoms with E-state index in [1.54, 1.807) is 18.2 Å². The molecule has 3 N–H and O–H groups in total. The number of fused-ring (bicyclic) bond motifs is 1. The van der Waals surface area contributed by atoms with Gasteiger partial charge in [-0.2, -0.15) is 0 Å². The number of pyridine rings is 1. The van der Waals surface area contributed by atoms with Crippen molar-refractivity contribution in [3.63, 3.8) is 0 Å². The molecule has 0 radical (unpaired) electrons. The molecule has 3 rings (SSSR count). The number of halogens is 1. The van der Waals surface area contributed by atoms with Gasteiger partial charge in [-0.3, -0.25) is 4.72 Å². The van der Waals surface area contributed by atoms with Gasteiger partial charge in [-0.05, 0) is 24.3 Å². The number of nitrogens with zero attached hydrogens (tertiary/aromatic N) is 2.